The smallest absolute Gasteiger partial charge is 0.240 e. The van der Waals surface area contributed by atoms with Crippen LogP contribution in [-0.2, 0) is 16.6 Å². The zero-order valence-corrected chi connectivity index (χ0v) is 15.3. The van der Waals surface area contributed by atoms with Gasteiger partial charge in [0.2, 0.25) is 10.0 Å². The van der Waals surface area contributed by atoms with E-state index in [0.717, 1.165) is 16.7 Å². The van der Waals surface area contributed by atoms with Gasteiger partial charge < -0.3 is 4.74 Å². The molecule has 0 spiro atoms. The van der Waals surface area contributed by atoms with Crippen molar-refractivity contribution in [2.45, 2.75) is 18.4 Å². The van der Waals surface area contributed by atoms with Crippen molar-refractivity contribution in [1.29, 1.82) is 0 Å². The number of rotatable bonds is 6. The molecule has 0 aliphatic rings. The van der Waals surface area contributed by atoms with Crippen LogP contribution < -0.4 is 9.46 Å². The van der Waals surface area contributed by atoms with Crippen molar-refractivity contribution in [2.75, 3.05) is 7.11 Å². The van der Waals surface area contributed by atoms with Crippen LogP contribution in [-0.4, -0.2) is 25.5 Å². The maximum absolute atomic E-state index is 12.6. The lowest BCUT2D eigenvalue weighted by Gasteiger charge is -2.12. The average Bonchev–Trinajstić information content (AvgIpc) is 2.67. The number of benzene rings is 1. The minimum Gasteiger partial charge on any atom is -0.496 e. The molecule has 134 valence electrons. The third-order valence-corrected chi connectivity index (χ3v) is 5.35. The van der Waals surface area contributed by atoms with E-state index in [9.17, 15) is 8.42 Å². The Morgan fingerprint density at radius 1 is 1.12 bits per heavy atom. The van der Waals surface area contributed by atoms with E-state index < -0.39 is 10.0 Å². The number of aryl methyl sites for hydroxylation is 1. The van der Waals surface area contributed by atoms with Gasteiger partial charge in [-0.15, -0.1) is 0 Å². The van der Waals surface area contributed by atoms with Crippen LogP contribution in [0.2, 0.25) is 0 Å². The molecule has 2 heterocycles. The first kappa shape index (κ1) is 18.0. The lowest BCUT2D eigenvalue weighted by Crippen LogP contribution is -2.23. The molecular weight excluding hydrogens is 350 g/mol. The van der Waals surface area contributed by atoms with Crippen LogP contribution in [0.15, 0.2) is 66.0 Å². The molecule has 0 unspecified atom stereocenters. The fraction of sp³-hybridized carbons (Fsp3) is 0.158. The summed E-state index contributed by atoms with van der Waals surface area (Å²) in [6.45, 7) is 1.94. The Balaban J connectivity index is 1.84. The Labute approximate surface area is 153 Å². The normalized spacial score (nSPS) is 11.3. The van der Waals surface area contributed by atoms with Gasteiger partial charge in [-0.2, -0.15) is 0 Å². The van der Waals surface area contributed by atoms with Crippen LogP contribution >= 0.6 is 0 Å². The first-order valence-corrected chi connectivity index (χ1v) is 9.48. The van der Waals surface area contributed by atoms with Gasteiger partial charge in [0.15, 0.2) is 0 Å². The summed E-state index contributed by atoms with van der Waals surface area (Å²) in [4.78, 5) is 8.66. The molecule has 0 atom stereocenters. The summed E-state index contributed by atoms with van der Waals surface area (Å²) in [5, 5.41) is 0. The number of sulfonamides is 1. The zero-order valence-electron chi connectivity index (χ0n) is 14.5. The molecule has 6 nitrogen and oxygen atoms in total. The summed E-state index contributed by atoms with van der Waals surface area (Å²) < 4.78 is 33.1. The summed E-state index contributed by atoms with van der Waals surface area (Å²) in [5.74, 6) is 0.648. The van der Waals surface area contributed by atoms with E-state index in [4.69, 9.17) is 4.74 Å². The number of methoxy groups -OCH3 is 1. The number of hydrogen-bond donors (Lipinski definition) is 1. The fourth-order valence-corrected chi connectivity index (χ4v) is 3.71. The number of nitrogens with zero attached hydrogens (tertiary/aromatic N) is 2. The highest BCUT2D eigenvalue weighted by Gasteiger charge is 2.16. The number of pyridine rings is 2. The van der Waals surface area contributed by atoms with E-state index in [-0.39, 0.29) is 11.4 Å². The summed E-state index contributed by atoms with van der Waals surface area (Å²) in [6.07, 6.45) is 5.06. The van der Waals surface area contributed by atoms with E-state index in [2.05, 4.69) is 14.7 Å². The first-order chi connectivity index (χ1) is 12.5. The molecule has 7 heteroatoms. The Kier molecular flexibility index (Phi) is 5.29. The molecule has 3 aromatic rings. The highest BCUT2D eigenvalue weighted by Crippen LogP contribution is 2.23. The number of aromatic nitrogens is 2. The van der Waals surface area contributed by atoms with Gasteiger partial charge >= 0.3 is 0 Å². The van der Waals surface area contributed by atoms with Crippen molar-refractivity contribution in [3.8, 4) is 17.0 Å². The van der Waals surface area contributed by atoms with Crippen molar-refractivity contribution in [3.05, 3.63) is 72.2 Å². The molecule has 0 aliphatic carbocycles. The topological polar surface area (TPSA) is 81.2 Å². The minimum absolute atomic E-state index is 0.130. The Hall–Kier alpha value is -2.77. The van der Waals surface area contributed by atoms with Crippen LogP contribution in [0.1, 0.15) is 11.1 Å². The largest absolute Gasteiger partial charge is 0.496 e. The molecule has 0 fully saturated rings. The van der Waals surface area contributed by atoms with Crippen LogP contribution in [0.4, 0.5) is 0 Å². The Morgan fingerprint density at radius 2 is 1.92 bits per heavy atom. The lowest BCUT2D eigenvalue weighted by atomic mass is 10.1. The van der Waals surface area contributed by atoms with E-state index in [1.165, 1.54) is 6.07 Å². The molecular formula is C19H19N3O3S. The van der Waals surface area contributed by atoms with Gasteiger partial charge in [0.1, 0.15) is 5.75 Å². The zero-order chi connectivity index (χ0) is 18.6. The van der Waals surface area contributed by atoms with Gasteiger partial charge in [-0.05, 0) is 54.4 Å². The van der Waals surface area contributed by atoms with E-state index >= 15 is 0 Å². The van der Waals surface area contributed by atoms with Crippen LogP contribution in [0.3, 0.4) is 0 Å². The predicted octanol–water partition coefficient (Wildman–Crippen LogP) is 2.94. The molecule has 3 rings (SSSR count). The maximum atomic E-state index is 12.6. The van der Waals surface area contributed by atoms with Crippen molar-refractivity contribution in [3.63, 3.8) is 0 Å². The van der Waals surface area contributed by atoms with Gasteiger partial charge in [0, 0.05) is 30.7 Å². The van der Waals surface area contributed by atoms with Gasteiger partial charge in [-0.1, -0.05) is 6.07 Å². The Bertz CT molecular complexity index is 1010. The van der Waals surface area contributed by atoms with Gasteiger partial charge in [0.05, 0.1) is 17.7 Å². The Morgan fingerprint density at radius 3 is 2.62 bits per heavy atom. The molecule has 0 aliphatic heterocycles. The van der Waals surface area contributed by atoms with E-state index in [1.54, 1.807) is 50.8 Å². The van der Waals surface area contributed by atoms with E-state index in [0.29, 0.717) is 11.4 Å². The van der Waals surface area contributed by atoms with Gasteiger partial charge in [0.25, 0.3) is 0 Å². The second kappa shape index (κ2) is 7.63. The second-order valence-corrected chi connectivity index (χ2v) is 7.48. The molecule has 1 N–H and O–H groups in total. The first-order valence-electron chi connectivity index (χ1n) is 8.00. The molecule has 1 aromatic carbocycles. The monoisotopic (exact) mass is 369 g/mol. The van der Waals surface area contributed by atoms with E-state index in [1.807, 2.05) is 18.2 Å². The fourth-order valence-electron chi connectivity index (χ4n) is 2.62. The standard InChI is InChI=1S/C19H19N3O3S/c1-14-11-17(7-8-18(14)25-2)26(23,24)22-13-16-6-4-10-21-19(16)15-5-3-9-20-12-15/h3-12,22H,13H2,1-2H3. The minimum atomic E-state index is -3.65. The van der Waals surface area contributed by atoms with Crippen LogP contribution in [0, 0.1) is 6.92 Å². The summed E-state index contributed by atoms with van der Waals surface area (Å²) >= 11 is 0. The third kappa shape index (κ3) is 3.89. The molecule has 0 saturated heterocycles. The van der Waals surface area contributed by atoms with Crippen molar-refractivity contribution in [2.24, 2.45) is 0 Å². The molecule has 0 bridgehead atoms. The second-order valence-electron chi connectivity index (χ2n) is 5.71. The SMILES string of the molecule is COc1ccc(S(=O)(=O)NCc2cccnc2-c2cccnc2)cc1C. The third-order valence-electron chi connectivity index (χ3n) is 3.96. The maximum Gasteiger partial charge on any atom is 0.240 e. The molecule has 2 aromatic heterocycles. The summed E-state index contributed by atoms with van der Waals surface area (Å²) in [5.41, 5.74) is 3.07. The molecule has 0 amide bonds. The van der Waals surface area contributed by atoms with Crippen LogP contribution in [0.5, 0.6) is 5.75 Å². The van der Waals surface area contributed by atoms with Crippen molar-refractivity contribution >= 4 is 10.0 Å². The van der Waals surface area contributed by atoms with Crippen molar-refractivity contribution < 1.29 is 13.2 Å². The summed E-state index contributed by atoms with van der Waals surface area (Å²) in [6, 6.07) is 12.1. The highest BCUT2D eigenvalue weighted by atomic mass is 32.2. The lowest BCUT2D eigenvalue weighted by molar-refractivity contribution is 0.411. The molecule has 0 saturated carbocycles. The van der Waals surface area contributed by atoms with Crippen molar-refractivity contribution in [1.82, 2.24) is 14.7 Å². The number of ether oxygens (including phenoxy) is 1. The predicted molar refractivity (Wildman–Crippen MR) is 99.2 cm³/mol. The number of nitrogens with one attached hydrogen (secondary N) is 1. The molecule has 0 radical (unpaired) electrons. The summed E-state index contributed by atoms with van der Waals surface area (Å²) in [7, 11) is -2.10. The quantitative estimate of drug-likeness (QED) is 0.722. The molecule has 26 heavy (non-hydrogen) atoms. The van der Waals surface area contributed by atoms with Crippen LogP contribution in [0.25, 0.3) is 11.3 Å². The van der Waals surface area contributed by atoms with Gasteiger partial charge in [-0.25, -0.2) is 13.1 Å². The average molecular weight is 369 g/mol. The number of hydrogen-bond acceptors (Lipinski definition) is 5. The van der Waals surface area contributed by atoms with Gasteiger partial charge in [-0.3, -0.25) is 9.97 Å². The highest BCUT2D eigenvalue weighted by molar-refractivity contribution is 7.89.